The van der Waals surface area contributed by atoms with Gasteiger partial charge in [-0.2, -0.15) is 0 Å². The zero-order chi connectivity index (χ0) is 11.0. The van der Waals surface area contributed by atoms with Gasteiger partial charge >= 0.3 is 5.97 Å². The average Bonchev–Trinajstić information content (AvgIpc) is 2.17. The first-order valence-corrected chi connectivity index (χ1v) is 5.13. The molecule has 0 fully saturated rings. The number of fused-ring (bicyclic) bond motifs is 1. The Balaban J connectivity index is 2.60. The van der Waals surface area contributed by atoms with E-state index in [9.17, 15) is 9.59 Å². The molecule has 0 radical (unpaired) electrons. The number of ketones is 1. The van der Waals surface area contributed by atoms with E-state index in [0.717, 1.165) is 10.0 Å². The van der Waals surface area contributed by atoms with Crippen LogP contribution < -0.4 is 0 Å². The van der Waals surface area contributed by atoms with Crippen molar-refractivity contribution in [2.24, 2.45) is 0 Å². The Bertz CT molecular complexity index is 477. The number of carbonyl (C=O) groups excluding carboxylic acids is 1. The SMILES string of the molecule is O=C(O)C1C(=O)C=Cc2cc(Br)ccc21. The summed E-state index contributed by atoms with van der Waals surface area (Å²) in [4.78, 5) is 22.4. The molecule has 0 heterocycles. The van der Waals surface area contributed by atoms with E-state index < -0.39 is 11.9 Å². The molecule has 1 aliphatic carbocycles. The summed E-state index contributed by atoms with van der Waals surface area (Å²) in [5, 5.41) is 8.96. The van der Waals surface area contributed by atoms with Crippen molar-refractivity contribution < 1.29 is 14.7 Å². The summed E-state index contributed by atoms with van der Waals surface area (Å²) < 4.78 is 0.865. The highest BCUT2D eigenvalue weighted by molar-refractivity contribution is 9.10. The van der Waals surface area contributed by atoms with E-state index >= 15 is 0 Å². The predicted octanol–water partition coefficient (Wildman–Crippen LogP) is 2.21. The number of rotatable bonds is 1. The predicted molar refractivity (Wildman–Crippen MR) is 58.6 cm³/mol. The molecule has 1 aromatic carbocycles. The van der Waals surface area contributed by atoms with Gasteiger partial charge in [-0.3, -0.25) is 9.59 Å². The molecule has 1 N–H and O–H groups in total. The van der Waals surface area contributed by atoms with Crippen LogP contribution in [-0.2, 0) is 9.59 Å². The van der Waals surface area contributed by atoms with Crippen molar-refractivity contribution in [3.8, 4) is 0 Å². The summed E-state index contributed by atoms with van der Waals surface area (Å²) in [6, 6.07) is 5.20. The highest BCUT2D eigenvalue weighted by atomic mass is 79.9. The third-order valence-electron chi connectivity index (χ3n) is 2.32. The number of carboxylic acid groups (broad SMARTS) is 1. The smallest absolute Gasteiger partial charge is 0.318 e. The first-order valence-electron chi connectivity index (χ1n) is 4.34. The summed E-state index contributed by atoms with van der Waals surface area (Å²) in [5.41, 5.74) is 1.33. The number of allylic oxidation sites excluding steroid dienone is 1. The lowest BCUT2D eigenvalue weighted by Crippen LogP contribution is -2.23. The van der Waals surface area contributed by atoms with Gasteiger partial charge in [-0.1, -0.05) is 28.1 Å². The minimum absolute atomic E-state index is 0.377. The van der Waals surface area contributed by atoms with Crippen molar-refractivity contribution in [1.29, 1.82) is 0 Å². The Morgan fingerprint density at radius 3 is 2.73 bits per heavy atom. The molecule has 0 bridgehead atoms. The number of halogens is 1. The topological polar surface area (TPSA) is 54.4 Å². The Hall–Kier alpha value is -1.42. The maximum absolute atomic E-state index is 11.4. The fourth-order valence-electron chi connectivity index (χ4n) is 1.63. The average molecular weight is 267 g/mol. The molecule has 0 amide bonds. The van der Waals surface area contributed by atoms with Crippen molar-refractivity contribution in [1.82, 2.24) is 0 Å². The van der Waals surface area contributed by atoms with Crippen LogP contribution in [0.2, 0.25) is 0 Å². The summed E-state index contributed by atoms with van der Waals surface area (Å²) in [6.07, 6.45) is 2.95. The molecule has 1 aliphatic rings. The molecule has 2 rings (SSSR count). The number of hydrogen-bond donors (Lipinski definition) is 1. The van der Waals surface area contributed by atoms with Crippen molar-refractivity contribution in [2.75, 3.05) is 0 Å². The van der Waals surface area contributed by atoms with Crippen LogP contribution in [0.1, 0.15) is 17.0 Å². The van der Waals surface area contributed by atoms with Crippen LogP contribution in [-0.4, -0.2) is 16.9 Å². The van der Waals surface area contributed by atoms with Crippen LogP contribution in [0.25, 0.3) is 6.08 Å². The summed E-state index contributed by atoms with van der Waals surface area (Å²) in [6.45, 7) is 0. The van der Waals surface area contributed by atoms with Gasteiger partial charge in [0.25, 0.3) is 0 Å². The van der Waals surface area contributed by atoms with Gasteiger partial charge in [0.1, 0.15) is 5.92 Å². The van der Waals surface area contributed by atoms with Gasteiger partial charge < -0.3 is 5.11 Å². The standard InChI is InChI=1S/C11H7BrO3/c12-7-2-3-8-6(5-7)1-4-9(13)10(8)11(14)15/h1-5,10H,(H,14,15). The molecule has 0 spiro atoms. The van der Waals surface area contributed by atoms with Gasteiger partial charge in [0, 0.05) is 4.47 Å². The third-order valence-corrected chi connectivity index (χ3v) is 2.81. The Morgan fingerprint density at radius 1 is 1.33 bits per heavy atom. The van der Waals surface area contributed by atoms with E-state index in [-0.39, 0.29) is 5.78 Å². The van der Waals surface area contributed by atoms with Crippen molar-refractivity contribution >= 4 is 33.8 Å². The summed E-state index contributed by atoms with van der Waals surface area (Å²) in [7, 11) is 0. The minimum atomic E-state index is -1.10. The van der Waals surface area contributed by atoms with Gasteiger partial charge in [-0.05, 0) is 29.3 Å². The molecule has 1 aromatic rings. The van der Waals surface area contributed by atoms with Crippen molar-refractivity contribution in [3.05, 3.63) is 39.9 Å². The molecule has 1 atom stereocenters. The molecule has 1 unspecified atom stereocenters. The first kappa shape index (κ1) is 10.1. The molecule has 4 heteroatoms. The number of carboxylic acids is 1. The fourth-order valence-corrected chi connectivity index (χ4v) is 2.01. The van der Waals surface area contributed by atoms with Gasteiger partial charge in [-0.25, -0.2) is 0 Å². The quantitative estimate of drug-likeness (QED) is 0.793. The van der Waals surface area contributed by atoms with E-state index in [1.54, 1.807) is 24.3 Å². The lowest BCUT2D eigenvalue weighted by Gasteiger charge is -2.16. The van der Waals surface area contributed by atoms with Crippen LogP contribution in [0.4, 0.5) is 0 Å². The Labute approximate surface area is 94.5 Å². The minimum Gasteiger partial charge on any atom is -0.480 e. The monoisotopic (exact) mass is 266 g/mol. The maximum atomic E-state index is 11.4. The number of aliphatic carboxylic acids is 1. The second kappa shape index (κ2) is 3.62. The molecule has 15 heavy (non-hydrogen) atoms. The van der Waals surface area contributed by atoms with Gasteiger partial charge in [-0.15, -0.1) is 0 Å². The van der Waals surface area contributed by atoms with Crippen LogP contribution in [0.5, 0.6) is 0 Å². The molecular weight excluding hydrogens is 260 g/mol. The van der Waals surface area contributed by atoms with Crippen LogP contribution >= 0.6 is 15.9 Å². The second-order valence-electron chi connectivity index (χ2n) is 3.28. The molecule has 0 aliphatic heterocycles. The molecule has 3 nitrogen and oxygen atoms in total. The number of hydrogen-bond acceptors (Lipinski definition) is 2. The molecule has 0 saturated heterocycles. The fraction of sp³-hybridized carbons (Fsp3) is 0.0909. The van der Waals surface area contributed by atoms with Crippen LogP contribution in [0, 0.1) is 0 Å². The molecule has 0 saturated carbocycles. The van der Waals surface area contributed by atoms with Gasteiger partial charge in [0.05, 0.1) is 0 Å². The Kier molecular flexibility index (Phi) is 2.44. The highest BCUT2D eigenvalue weighted by Gasteiger charge is 2.30. The van der Waals surface area contributed by atoms with E-state index in [2.05, 4.69) is 15.9 Å². The summed E-state index contributed by atoms with van der Waals surface area (Å²) in [5.74, 6) is -2.54. The van der Waals surface area contributed by atoms with Crippen molar-refractivity contribution in [3.63, 3.8) is 0 Å². The summed E-state index contributed by atoms with van der Waals surface area (Å²) >= 11 is 3.30. The van der Waals surface area contributed by atoms with E-state index in [1.165, 1.54) is 6.08 Å². The lowest BCUT2D eigenvalue weighted by atomic mass is 9.86. The zero-order valence-corrected chi connectivity index (χ0v) is 9.19. The van der Waals surface area contributed by atoms with E-state index in [4.69, 9.17) is 5.11 Å². The molecule has 76 valence electrons. The van der Waals surface area contributed by atoms with Crippen LogP contribution in [0.15, 0.2) is 28.7 Å². The third kappa shape index (κ3) is 1.72. The van der Waals surface area contributed by atoms with E-state index in [0.29, 0.717) is 5.56 Å². The highest BCUT2D eigenvalue weighted by Crippen LogP contribution is 2.29. The Morgan fingerprint density at radius 2 is 2.07 bits per heavy atom. The lowest BCUT2D eigenvalue weighted by molar-refractivity contribution is -0.141. The van der Waals surface area contributed by atoms with Crippen LogP contribution in [0.3, 0.4) is 0 Å². The maximum Gasteiger partial charge on any atom is 0.318 e. The largest absolute Gasteiger partial charge is 0.480 e. The first-order chi connectivity index (χ1) is 7.09. The second-order valence-corrected chi connectivity index (χ2v) is 4.20. The number of benzene rings is 1. The normalized spacial score (nSPS) is 18.7. The zero-order valence-electron chi connectivity index (χ0n) is 7.61. The molecule has 0 aromatic heterocycles. The molecular formula is C11H7BrO3. The van der Waals surface area contributed by atoms with E-state index in [1.807, 2.05) is 0 Å². The van der Waals surface area contributed by atoms with Crippen molar-refractivity contribution in [2.45, 2.75) is 5.92 Å². The van der Waals surface area contributed by atoms with Gasteiger partial charge in [0.2, 0.25) is 0 Å². The van der Waals surface area contributed by atoms with Gasteiger partial charge in [0.15, 0.2) is 5.78 Å². The number of carbonyl (C=O) groups is 2.